The molecule has 4 aliphatic rings. The number of likely N-dealkylation sites (tertiary alicyclic amines) is 2. The second-order valence-corrected chi connectivity index (χ2v) is 11.4. The molecule has 0 spiro atoms. The maximum absolute atomic E-state index is 14.0. The van der Waals surface area contributed by atoms with Gasteiger partial charge in [-0.2, -0.15) is 0 Å². The molecule has 4 fully saturated rings. The smallest absolute Gasteiger partial charge is 0.325 e. The van der Waals surface area contributed by atoms with Gasteiger partial charge in [-0.25, -0.2) is 9.18 Å². The molecular formula is C28H39FN4O3. The van der Waals surface area contributed by atoms with Gasteiger partial charge in [-0.1, -0.05) is 37.8 Å². The third-order valence-electron chi connectivity index (χ3n) is 9.19. The summed E-state index contributed by atoms with van der Waals surface area (Å²) in [6.07, 6.45) is 10.3. The zero-order valence-corrected chi connectivity index (χ0v) is 21.4. The van der Waals surface area contributed by atoms with Crippen LogP contribution in [0.5, 0.6) is 0 Å². The Morgan fingerprint density at radius 1 is 0.944 bits per heavy atom. The van der Waals surface area contributed by atoms with Crippen molar-refractivity contribution in [3.8, 4) is 0 Å². The minimum Gasteiger partial charge on any atom is -0.341 e. The summed E-state index contributed by atoms with van der Waals surface area (Å²) in [5.74, 6) is -0.336. The number of halogens is 1. The lowest BCUT2D eigenvalue weighted by Gasteiger charge is -2.50. The predicted octanol–water partition coefficient (Wildman–Crippen LogP) is 4.06. The third-order valence-corrected chi connectivity index (χ3v) is 9.19. The molecule has 3 aliphatic heterocycles. The Kier molecular flexibility index (Phi) is 7.07. The van der Waals surface area contributed by atoms with E-state index in [2.05, 4.69) is 10.2 Å². The lowest BCUT2D eigenvalue weighted by molar-refractivity contribution is -0.150. The Morgan fingerprint density at radius 3 is 2.19 bits per heavy atom. The van der Waals surface area contributed by atoms with Gasteiger partial charge in [0.2, 0.25) is 5.91 Å². The van der Waals surface area contributed by atoms with Crippen LogP contribution in [0.3, 0.4) is 0 Å². The zero-order valence-electron chi connectivity index (χ0n) is 21.4. The molecule has 1 aromatic carbocycles. The van der Waals surface area contributed by atoms with E-state index in [-0.39, 0.29) is 35.6 Å². The largest absolute Gasteiger partial charge is 0.341 e. The highest BCUT2D eigenvalue weighted by Crippen LogP contribution is 2.39. The molecule has 196 valence electrons. The van der Waals surface area contributed by atoms with Crippen molar-refractivity contribution in [2.24, 2.45) is 5.92 Å². The first kappa shape index (κ1) is 25.2. The van der Waals surface area contributed by atoms with Crippen molar-refractivity contribution in [3.05, 3.63) is 35.6 Å². The fourth-order valence-electron chi connectivity index (χ4n) is 6.99. The third kappa shape index (κ3) is 4.53. The van der Waals surface area contributed by atoms with E-state index >= 15 is 0 Å². The van der Waals surface area contributed by atoms with E-state index in [9.17, 15) is 18.8 Å². The standard InChI is InChI=1S/C28H39FN4O3/c1-27(24(34)33(26(36)30-27)20-21-8-10-23(29)11-9-21)22-12-18-31(19-13-22)25(35)28(14-4-2-5-15-28)32-16-6-3-7-17-32/h8-11,22H,2-7,12-20H2,1H3,(H,30,36)/t27-/m1/s1. The van der Waals surface area contributed by atoms with Gasteiger partial charge in [0, 0.05) is 13.1 Å². The molecule has 0 aromatic heterocycles. The molecule has 1 N–H and O–H groups in total. The van der Waals surface area contributed by atoms with Crippen molar-refractivity contribution in [2.45, 2.75) is 88.8 Å². The topological polar surface area (TPSA) is 73.0 Å². The highest BCUT2D eigenvalue weighted by atomic mass is 19.1. The van der Waals surface area contributed by atoms with Crippen molar-refractivity contribution in [1.29, 1.82) is 0 Å². The number of nitrogens with one attached hydrogen (secondary N) is 1. The molecule has 1 aromatic rings. The van der Waals surface area contributed by atoms with Crippen LogP contribution in [0.4, 0.5) is 9.18 Å². The molecule has 8 heteroatoms. The molecule has 3 saturated heterocycles. The normalized spacial score (nSPS) is 27.8. The van der Waals surface area contributed by atoms with Gasteiger partial charge in [0.05, 0.1) is 6.54 Å². The van der Waals surface area contributed by atoms with Crippen LogP contribution in [0.15, 0.2) is 24.3 Å². The van der Waals surface area contributed by atoms with E-state index in [4.69, 9.17) is 0 Å². The van der Waals surface area contributed by atoms with Gasteiger partial charge >= 0.3 is 6.03 Å². The quantitative estimate of drug-likeness (QED) is 0.622. The maximum Gasteiger partial charge on any atom is 0.325 e. The maximum atomic E-state index is 14.0. The number of hydrogen-bond donors (Lipinski definition) is 1. The van der Waals surface area contributed by atoms with E-state index < -0.39 is 11.6 Å². The minimum absolute atomic E-state index is 0.0338. The lowest BCUT2D eigenvalue weighted by atomic mass is 9.76. The van der Waals surface area contributed by atoms with Gasteiger partial charge in [0.1, 0.15) is 16.9 Å². The average Bonchev–Trinajstić information content (AvgIpc) is 3.14. The van der Waals surface area contributed by atoms with Gasteiger partial charge < -0.3 is 10.2 Å². The van der Waals surface area contributed by atoms with Crippen LogP contribution in [0.1, 0.15) is 76.7 Å². The van der Waals surface area contributed by atoms with Crippen LogP contribution >= 0.6 is 0 Å². The van der Waals surface area contributed by atoms with E-state index in [0.717, 1.165) is 38.8 Å². The van der Waals surface area contributed by atoms with Crippen LogP contribution in [0.25, 0.3) is 0 Å². The number of carbonyl (C=O) groups excluding carboxylic acids is 3. The van der Waals surface area contributed by atoms with Gasteiger partial charge in [-0.05, 0) is 82.2 Å². The monoisotopic (exact) mass is 498 g/mol. The first-order chi connectivity index (χ1) is 17.3. The molecular weight excluding hydrogens is 459 g/mol. The number of imide groups is 1. The predicted molar refractivity (Wildman–Crippen MR) is 134 cm³/mol. The summed E-state index contributed by atoms with van der Waals surface area (Å²) in [7, 11) is 0. The average molecular weight is 499 g/mol. The Labute approximate surface area is 213 Å². The van der Waals surface area contributed by atoms with Crippen molar-refractivity contribution in [3.63, 3.8) is 0 Å². The molecule has 0 bridgehead atoms. The van der Waals surface area contributed by atoms with Crippen molar-refractivity contribution in [2.75, 3.05) is 26.2 Å². The summed E-state index contributed by atoms with van der Waals surface area (Å²) < 4.78 is 13.3. The van der Waals surface area contributed by atoms with Crippen LogP contribution in [-0.2, 0) is 16.1 Å². The number of urea groups is 1. The number of rotatable bonds is 5. The fourth-order valence-corrected chi connectivity index (χ4v) is 6.99. The number of carbonyl (C=O) groups is 3. The summed E-state index contributed by atoms with van der Waals surface area (Å²) >= 11 is 0. The van der Waals surface area contributed by atoms with Gasteiger partial charge in [0.15, 0.2) is 0 Å². The molecule has 4 amide bonds. The Morgan fingerprint density at radius 2 is 1.56 bits per heavy atom. The van der Waals surface area contributed by atoms with Crippen LogP contribution in [-0.4, -0.2) is 69.8 Å². The van der Waals surface area contributed by atoms with E-state index in [0.29, 0.717) is 31.5 Å². The van der Waals surface area contributed by atoms with E-state index in [1.165, 1.54) is 42.7 Å². The first-order valence-electron chi connectivity index (χ1n) is 13.8. The lowest BCUT2D eigenvalue weighted by Crippen LogP contribution is -2.63. The van der Waals surface area contributed by atoms with Crippen LogP contribution in [0, 0.1) is 11.7 Å². The Bertz CT molecular complexity index is 979. The fraction of sp³-hybridized carbons (Fsp3) is 0.679. The molecule has 0 unspecified atom stereocenters. The Hall–Kier alpha value is -2.48. The number of benzene rings is 1. The molecule has 3 heterocycles. The molecule has 1 atom stereocenters. The number of nitrogens with zero attached hydrogens (tertiary/aromatic N) is 3. The molecule has 1 aliphatic carbocycles. The molecule has 1 saturated carbocycles. The summed E-state index contributed by atoms with van der Waals surface area (Å²) in [5.41, 5.74) is -0.625. The van der Waals surface area contributed by atoms with Gasteiger partial charge in [-0.3, -0.25) is 19.4 Å². The second-order valence-electron chi connectivity index (χ2n) is 11.4. The van der Waals surface area contributed by atoms with Gasteiger partial charge in [0.25, 0.3) is 5.91 Å². The van der Waals surface area contributed by atoms with E-state index in [1.54, 1.807) is 12.1 Å². The Balaban J connectivity index is 1.24. The molecule has 7 nitrogen and oxygen atoms in total. The molecule has 36 heavy (non-hydrogen) atoms. The zero-order chi connectivity index (χ0) is 25.3. The molecule has 0 radical (unpaired) electrons. The van der Waals surface area contributed by atoms with Crippen LogP contribution < -0.4 is 5.32 Å². The summed E-state index contributed by atoms with van der Waals surface area (Å²) in [6.45, 7) is 5.22. The molecule has 5 rings (SSSR count). The highest BCUT2D eigenvalue weighted by Gasteiger charge is 2.54. The first-order valence-corrected chi connectivity index (χ1v) is 13.8. The van der Waals surface area contributed by atoms with Gasteiger partial charge in [-0.15, -0.1) is 0 Å². The van der Waals surface area contributed by atoms with Crippen molar-refractivity contribution < 1.29 is 18.8 Å². The second kappa shape index (κ2) is 10.1. The summed E-state index contributed by atoms with van der Waals surface area (Å²) in [4.78, 5) is 45.9. The number of hydrogen-bond acceptors (Lipinski definition) is 4. The minimum atomic E-state index is -0.984. The highest BCUT2D eigenvalue weighted by molar-refractivity contribution is 6.07. The van der Waals surface area contributed by atoms with Crippen molar-refractivity contribution in [1.82, 2.24) is 20.0 Å². The van der Waals surface area contributed by atoms with Crippen LogP contribution in [0.2, 0.25) is 0 Å². The number of amides is 4. The van der Waals surface area contributed by atoms with E-state index in [1.807, 2.05) is 11.8 Å². The number of piperidine rings is 2. The SMILES string of the molecule is C[C@]1(C2CCN(C(=O)C3(N4CCCCC4)CCCCC3)CC2)NC(=O)N(Cc2ccc(F)cc2)C1=O. The summed E-state index contributed by atoms with van der Waals surface area (Å²) in [5, 5.41) is 2.95. The van der Waals surface area contributed by atoms with Crippen molar-refractivity contribution >= 4 is 17.8 Å². The summed E-state index contributed by atoms with van der Waals surface area (Å²) in [6, 6.07) is 5.46.